The lowest BCUT2D eigenvalue weighted by atomic mass is 10.1. The molecule has 1 aromatic carbocycles. The highest BCUT2D eigenvalue weighted by molar-refractivity contribution is 6.42. The van der Waals surface area contributed by atoms with E-state index in [2.05, 4.69) is 0 Å². The Morgan fingerprint density at radius 2 is 2.08 bits per heavy atom. The largest absolute Gasteiger partial charge is 0.330 e. The van der Waals surface area contributed by atoms with Gasteiger partial charge in [-0.3, -0.25) is 0 Å². The lowest BCUT2D eigenvalue weighted by Gasteiger charge is -2.01. The first-order chi connectivity index (χ1) is 6.22. The second-order valence-electron chi connectivity index (χ2n) is 3.51. The molecule has 1 fully saturated rings. The summed E-state index contributed by atoms with van der Waals surface area (Å²) in [5, 5.41) is 1.26. The van der Waals surface area contributed by atoms with Crippen molar-refractivity contribution in [2.24, 2.45) is 11.7 Å². The van der Waals surface area contributed by atoms with Gasteiger partial charge in [-0.05, 0) is 42.5 Å². The fourth-order valence-electron chi connectivity index (χ4n) is 1.66. The van der Waals surface area contributed by atoms with E-state index >= 15 is 0 Å². The van der Waals surface area contributed by atoms with E-state index < -0.39 is 0 Å². The fraction of sp³-hybridized carbons (Fsp3) is 0.400. The van der Waals surface area contributed by atoms with Crippen LogP contribution < -0.4 is 5.73 Å². The molecule has 0 spiro atoms. The van der Waals surface area contributed by atoms with E-state index in [9.17, 15) is 0 Å². The Labute approximate surface area is 87.8 Å². The van der Waals surface area contributed by atoms with Crippen LogP contribution >= 0.6 is 23.2 Å². The molecule has 0 bridgehead atoms. The normalized spacial score (nSPS) is 26.1. The molecule has 0 aromatic heterocycles. The molecule has 3 heteroatoms. The molecule has 1 aromatic rings. The van der Waals surface area contributed by atoms with Gasteiger partial charge in [-0.25, -0.2) is 0 Å². The average molecular weight is 216 g/mol. The van der Waals surface area contributed by atoms with Gasteiger partial charge < -0.3 is 5.73 Å². The molecule has 0 unspecified atom stereocenters. The summed E-state index contributed by atoms with van der Waals surface area (Å²) in [4.78, 5) is 0. The van der Waals surface area contributed by atoms with Crippen LogP contribution in [-0.4, -0.2) is 6.54 Å². The molecule has 0 aliphatic heterocycles. The molecule has 13 heavy (non-hydrogen) atoms. The summed E-state index contributed by atoms with van der Waals surface area (Å²) >= 11 is 11.7. The number of nitrogens with two attached hydrogens (primary N) is 1. The van der Waals surface area contributed by atoms with Crippen LogP contribution in [0.25, 0.3) is 0 Å². The standard InChI is InChI=1S/C10H11Cl2N/c11-9-2-1-6(4-10(9)12)8-3-7(8)5-13/h1-2,4,7-8H,3,5,13H2/t7-,8+/m0/s1. The van der Waals surface area contributed by atoms with Crippen molar-refractivity contribution in [1.82, 2.24) is 0 Å². The molecule has 2 atom stereocenters. The summed E-state index contributed by atoms with van der Waals surface area (Å²) < 4.78 is 0. The Morgan fingerprint density at radius 3 is 2.62 bits per heavy atom. The molecular weight excluding hydrogens is 205 g/mol. The number of rotatable bonds is 2. The van der Waals surface area contributed by atoms with E-state index in [0.29, 0.717) is 21.9 Å². The van der Waals surface area contributed by atoms with Crippen LogP contribution in [0, 0.1) is 5.92 Å². The maximum absolute atomic E-state index is 5.91. The Hall–Kier alpha value is -0.240. The van der Waals surface area contributed by atoms with Crippen LogP contribution in [0.4, 0.5) is 0 Å². The van der Waals surface area contributed by atoms with Crippen molar-refractivity contribution >= 4 is 23.2 Å². The summed E-state index contributed by atoms with van der Waals surface area (Å²) in [6, 6.07) is 5.84. The second kappa shape index (κ2) is 3.49. The van der Waals surface area contributed by atoms with Crippen LogP contribution in [0.3, 0.4) is 0 Å². The van der Waals surface area contributed by atoms with Crippen LogP contribution in [-0.2, 0) is 0 Å². The molecule has 0 heterocycles. The SMILES string of the molecule is NC[C@@H]1C[C@@H]1c1ccc(Cl)c(Cl)c1. The quantitative estimate of drug-likeness (QED) is 0.807. The minimum atomic E-state index is 0.611. The molecule has 0 amide bonds. The fourth-order valence-corrected chi connectivity index (χ4v) is 1.97. The Kier molecular flexibility index (Phi) is 2.50. The van der Waals surface area contributed by atoms with Gasteiger partial charge in [-0.1, -0.05) is 29.3 Å². The number of hydrogen-bond donors (Lipinski definition) is 1. The van der Waals surface area contributed by atoms with Crippen LogP contribution in [0.2, 0.25) is 10.0 Å². The van der Waals surface area contributed by atoms with Gasteiger partial charge in [0, 0.05) is 0 Å². The van der Waals surface area contributed by atoms with Gasteiger partial charge in [0.2, 0.25) is 0 Å². The van der Waals surface area contributed by atoms with Crippen molar-refractivity contribution in [2.45, 2.75) is 12.3 Å². The number of halogens is 2. The second-order valence-corrected chi connectivity index (χ2v) is 4.33. The van der Waals surface area contributed by atoms with Crippen LogP contribution in [0.15, 0.2) is 18.2 Å². The van der Waals surface area contributed by atoms with Gasteiger partial charge in [-0.2, -0.15) is 0 Å². The van der Waals surface area contributed by atoms with Crippen molar-refractivity contribution in [1.29, 1.82) is 0 Å². The zero-order chi connectivity index (χ0) is 9.42. The third-order valence-electron chi connectivity index (χ3n) is 2.60. The molecule has 0 radical (unpaired) electrons. The van der Waals surface area contributed by atoms with Crippen LogP contribution in [0.5, 0.6) is 0 Å². The smallest absolute Gasteiger partial charge is 0.0595 e. The van der Waals surface area contributed by atoms with E-state index in [1.165, 1.54) is 12.0 Å². The first-order valence-corrected chi connectivity index (χ1v) is 5.13. The van der Waals surface area contributed by atoms with Gasteiger partial charge in [0.25, 0.3) is 0 Å². The average Bonchev–Trinajstić information content (AvgIpc) is 2.88. The third-order valence-corrected chi connectivity index (χ3v) is 3.34. The highest BCUT2D eigenvalue weighted by atomic mass is 35.5. The van der Waals surface area contributed by atoms with E-state index in [1.54, 1.807) is 0 Å². The van der Waals surface area contributed by atoms with E-state index in [1.807, 2.05) is 18.2 Å². The molecular formula is C10H11Cl2N. The molecule has 1 nitrogen and oxygen atoms in total. The molecule has 1 aliphatic rings. The maximum Gasteiger partial charge on any atom is 0.0595 e. The molecule has 1 aliphatic carbocycles. The van der Waals surface area contributed by atoms with E-state index in [0.717, 1.165) is 6.54 Å². The van der Waals surface area contributed by atoms with Gasteiger partial charge in [0.15, 0.2) is 0 Å². The molecule has 0 saturated heterocycles. The Morgan fingerprint density at radius 1 is 1.31 bits per heavy atom. The van der Waals surface area contributed by atoms with Gasteiger partial charge in [-0.15, -0.1) is 0 Å². The third kappa shape index (κ3) is 1.83. The molecule has 2 N–H and O–H groups in total. The zero-order valence-corrected chi connectivity index (χ0v) is 8.65. The first kappa shape index (κ1) is 9.32. The first-order valence-electron chi connectivity index (χ1n) is 4.37. The highest BCUT2D eigenvalue weighted by Gasteiger charge is 2.36. The summed E-state index contributed by atoms with van der Waals surface area (Å²) in [6.07, 6.45) is 1.19. The summed E-state index contributed by atoms with van der Waals surface area (Å²) in [5.74, 6) is 1.26. The highest BCUT2D eigenvalue weighted by Crippen LogP contribution is 2.47. The summed E-state index contributed by atoms with van der Waals surface area (Å²) in [7, 11) is 0. The minimum Gasteiger partial charge on any atom is -0.330 e. The Balaban J connectivity index is 2.19. The number of benzene rings is 1. The lowest BCUT2D eigenvalue weighted by molar-refractivity contribution is 0.810. The zero-order valence-electron chi connectivity index (χ0n) is 7.13. The molecule has 1 saturated carbocycles. The van der Waals surface area contributed by atoms with Crippen LogP contribution in [0.1, 0.15) is 17.9 Å². The van der Waals surface area contributed by atoms with Gasteiger partial charge in [0.1, 0.15) is 0 Å². The van der Waals surface area contributed by atoms with Gasteiger partial charge in [0.05, 0.1) is 10.0 Å². The van der Waals surface area contributed by atoms with Crippen molar-refractivity contribution in [3.05, 3.63) is 33.8 Å². The molecule has 2 rings (SSSR count). The number of hydrogen-bond acceptors (Lipinski definition) is 1. The predicted molar refractivity (Wildman–Crippen MR) is 56.4 cm³/mol. The van der Waals surface area contributed by atoms with Crippen molar-refractivity contribution < 1.29 is 0 Å². The lowest BCUT2D eigenvalue weighted by Crippen LogP contribution is -2.01. The summed E-state index contributed by atoms with van der Waals surface area (Å²) in [6.45, 7) is 0.769. The van der Waals surface area contributed by atoms with Crippen molar-refractivity contribution in [2.75, 3.05) is 6.54 Å². The van der Waals surface area contributed by atoms with E-state index in [-0.39, 0.29) is 0 Å². The van der Waals surface area contributed by atoms with Gasteiger partial charge >= 0.3 is 0 Å². The monoisotopic (exact) mass is 215 g/mol. The minimum absolute atomic E-state index is 0.611. The van der Waals surface area contributed by atoms with E-state index in [4.69, 9.17) is 28.9 Å². The predicted octanol–water partition coefficient (Wildman–Crippen LogP) is 3.06. The van der Waals surface area contributed by atoms with Crippen molar-refractivity contribution in [3.8, 4) is 0 Å². The van der Waals surface area contributed by atoms with Crippen molar-refractivity contribution in [3.63, 3.8) is 0 Å². The maximum atomic E-state index is 5.91. The topological polar surface area (TPSA) is 26.0 Å². The molecule has 70 valence electrons. The summed E-state index contributed by atoms with van der Waals surface area (Å²) in [5.41, 5.74) is 6.84. The Bertz CT molecular complexity index is 325.